The molecule has 0 saturated carbocycles. The maximum atomic E-state index is 12.3. The van der Waals surface area contributed by atoms with Crippen LogP contribution in [0.4, 0.5) is 17.1 Å². The molecule has 2 aliphatic rings. The molecule has 8 nitrogen and oxygen atoms in total. The van der Waals surface area contributed by atoms with Gasteiger partial charge in [-0.3, -0.25) is 9.78 Å². The van der Waals surface area contributed by atoms with E-state index < -0.39 is 0 Å². The summed E-state index contributed by atoms with van der Waals surface area (Å²) < 4.78 is 11.0. The van der Waals surface area contributed by atoms with Crippen molar-refractivity contribution in [2.45, 2.75) is 13.1 Å². The number of methoxy groups -OCH3 is 1. The molecular weight excluding hydrogens is 454 g/mol. The third-order valence-corrected chi connectivity index (χ3v) is 6.64. The van der Waals surface area contributed by atoms with Gasteiger partial charge in [0, 0.05) is 56.0 Å². The second kappa shape index (κ2) is 11.4. The standard InChI is InChI=1S/C28H33N5O3/c1-35-27-7-2-4-22(16-27)20-33(25-6-3-5-24(18-25)31-12-14-36-15-13-31)26-8-9-30-23(17-26)21-32-11-10-29-19-28(32)34/h2-9,16-18,29H,10-15,19-21H2,1H3. The molecule has 1 amide bonds. The molecule has 5 rings (SSSR count). The third kappa shape index (κ3) is 5.78. The second-order valence-electron chi connectivity index (χ2n) is 9.05. The molecule has 188 valence electrons. The van der Waals surface area contributed by atoms with Gasteiger partial charge in [-0.25, -0.2) is 0 Å². The van der Waals surface area contributed by atoms with E-state index in [1.807, 2.05) is 29.3 Å². The predicted molar refractivity (Wildman–Crippen MR) is 141 cm³/mol. The highest BCUT2D eigenvalue weighted by Crippen LogP contribution is 2.32. The van der Waals surface area contributed by atoms with Crippen LogP contribution in [0.5, 0.6) is 5.75 Å². The highest BCUT2D eigenvalue weighted by Gasteiger charge is 2.20. The number of nitrogens with one attached hydrogen (secondary N) is 1. The Labute approximate surface area is 212 Å². The molecule has 2 aliphatic heterocycles. The minimum absolute atomic E-state index is 0.111. The van der Waals surface area contributed by atoms with Crippen molar-refractivity contribution < 1.29 is 14.3 Å². The van der Waals surface area contributed by atoms with Crippen LogP contribution >= 0.6 is 0 Å². The number of carbonyl (C=O) groups excluding carboxylic acids is 1. The summed E-state index contributed by atoms with van der Waals surface area (Å²) in [6.45, 7) is 6.33. The average molecular weight is 488 g/mol. The van der Waals surface area contributed by atoms with E-state index in [-0.39, 0.29) is 5.91 Å². The van der Waals surface area contributed by atoms with Crippen LogP contribution in [-0.2, 0) is 22.6 Å². The fourth-order valence-electron chi connectivity index (χ4n) is 4.69. The molecule has 2 fully saturated rings. The number of hydrogen-bond acceptors (Lipinski definition) is 7. The fourth-order valence-corrected chi connectivity index (χ4v) is 4.69. The summed E-state index contributed by atoms with van der Waals surface area (Å²) in [5.74, 6) is 0.946. The van der Waals surface area contributed by atoms with Gasteiger partial charge in [-0.15, -0.1) is 0 Å². The van der Waals surface area contributed by atoms with Crippen molar-refractivity contribution in [2.75, 3.05) is 62.8 Å². The Morgan fingerprint density at radius 1 is 1.03 bits per heavy atom. The molecule has 0 atom stereocenters. The van der Waals surface area contributed by atoms with Gasteiger partial charge in [0.25, 0.3) is 0 Å². The summed E-state index contributed by atoms with van der Waals surface area (Å²) in [6, 6.07) is 20.9. The molecular formula is C28H33N5O3. The zero-order valence-corrected chi connectivity index (χ0v) is 20.7. The van der Waals surface area contributed by atoms with Gasteiger partial charge in [-0.05, 0) is 48.0 Å². The number of morpholine rings is 1. The van der Waals surface area contributed by atoms with Gasteiger partial charge in [-0.2, -0.15) is 0 Å². The Morgan fingerprint density at radius 2 is 1.86 bits per heavy atom. The van der Waals surface area contributed by atoms with E-state index in [9.17, 15) is 4.79 Å². The minimum Gasteiger partial charge on any atom is -0.497 e. The summed E-state index contributed by atoms with van der Waals surface area (Å²) in [5.41, 5.74) is 5.33. The van der Waals surface area contributed by atoms with Crippen molar-refractivity contribution in [3.63, 3.8) is 0 Å². The zero-order valence-electron chi connectivity index (χ0n) is 20.7. The summed E-state index contributed by atoms with van der Waals surface area (Å²) in [4.78, 5) is 23.4. The Hall–Kier alpha value is -3.62. The first-order valence-electron chi connectivity index (χ1n) is 12.5. The Balaban J connectivity index is 1.47. The number of aromatic nitrogens is 1. The van der Waals surface area contributed by atoms with E-state index >= 15 is 0 Å². The Morgan fingerprint density at radius 3 is 2.69 bits per heavy atom. The van der Waals surface area contributed by atoms with Crippen LogP contribution in [0, 0.1) is 0 Å². The maximum Gasteiger partial charge on any atom is 0.236 e. The SMILES string of the molecule is COc1cccc(CN(c2cccc(N3CCOCC3)c2)c2ccnc(CN3CCNCC3=O)c2)c1. The molecule has 8 heteroatoms. The lowest BCUT2D eigenvalue weighted by molar-refractivity contribution is -0.132. The van der Waals surface area contributed by atoms with Crippen LogP contribution in [0.1, 0.15) is 11.3 Å². The summed E-state index contributed by atoms with van der Waals surface area (Å²) in [5, 5.41) is 3.13. The average Bonchev–Trinajstić information content (AvgIpc) is 2.94. The van der Waals surface area contributed by atoms with Crippen molar-refractivity contribution in [3.8, 4) is 5.75 Å². The molecule has 3 heterocycles. The van der Waals surface area contributed by atoms with Gasteiger partial charge in [0.05, 0.1) is 39.1 Å². The van der Waals surface area contributed by atoms with Gasteiger partial charge in [0.1, 0.15) is 5.75 Å². The Kier molecular flexibility index (Phi) is 7.64. The number of pyridine rings is 1. The smallest absolute Gasteiger partial charge is 0.236 e. The van der Waals surface area contributed by atoms with E-state index in [0.29, 0.717) is 26.2 Å². The van der Waals surface area contributed by atoms with Gasteiger partial charge in [0.2, 0.25) is 5.91 Å². The zero-order chi connectivity index (χ0) is 24.7. The van der Waals surface area contributed by atoms with Gasteiger partial charge >= 0.3 is 0 Å². The summed E-state index contributed by atoms with van der Waals surface area (Å²) in [6.07, 6.45) is 1.84. The van der Waals surface area contributed by atoms with E-state index in [0.717, 1.165) is 61.2 Å². The lowest BCUT2D eigenvalue weighted by Gasteiger charge is -2.31. The van der Waals surface area contributed by atoms with Crippen molar-refractivity contribution >= 4 is 23.0 Å². The van der Waals surface area contributed by atoms with E-state index in [2.05, 4.69) is 62.6 Å². The molecule has 1 aromatic heterocycles. The lowest BCUT2D eigenvalue weighted by atomic mass is 10.1. The highest BCUT2D eigenvalue weighted by atomic mass is 16.5. The van der Waals surface area contributed by atoms with E-state index in [1.54, 1.807) is 7.11 Å². The first-order valence-corrected chi connectivity index (χ1v) is 12.5. The van der Waals surface area contributed by atoms with Crippen molar-refractivity contribution in [1.82, 2.24) is 15.2 Å². The third-order valence-electron chi connectivity index (χ3n) is 6.64. The molecule has 1 N–H and O–H groups in total. The molecule has 2 saturated heterocycles. The maximum absolute atomic E-state index is 12.3. The molecule has 3 aromatic rings. The monoisotopic (exact) mass is 487 g/mol. The first kappa shape index (κ1) is 24.1. The molecule has 0 unspecified atom stereocenters. The predicted octanol–water partition coefficient (Wildman–Crippen LogP) is 3.20. The number of rotatable bonds is 8. The topological polar surface area (TPSA) is 70.2 Å². The number of carbonyl (C=O) groups is 1. The molecule has 0 radical (unpaired) electrons. The quantitative estimate of drug-likeness (QED) is 0.523. The number of nitrogens with zero attached hydrogens (tertiary/aromatic N) is 4. The molecule has 36 heavy (non-hydrogen) atoms. The molecule has 0 bridgehead atoms. The van der Waals surface area contributed by atoms with Crippen LogP contribution in [-0.4, -0.2) is 68.8 Å². The van der Waals surface area contributed by atoms with Crippen LogP contribution in [0.15, 0.2) is 66.9 Å². The number of anilines is 3. The number of ether oxygens (including phenoxy) is 2. The second-order valence-corrected chi connectivity index (χ2v) is 9.05. The fraction of sp³-hybridized carbons (Fsp3) is 0.357. The van der Waals surface area contributed by atoms with Crippen LogP contribution < -0.4 is 19.9 Å². The van der Waals surface area contributed by atoms with Crippen LogP contribution in [0.2, 0.25) is 0 Å². The van der Waals surface area contributed by atoms with Gasteiger partial charge < -0.3 is 29.5 Å². The Bertz CT molecular complexity index is 1180. The molecule has 0 spiro atoms. The van der Waals surface area contributed by atoms with Gasteiger partial charge in [0.15, 0.2) is 0 Å². The normalized spacial score (nSPS) is 16.2. The van der Waals surface area contributed by atoms with Crippen molar-refractivity contribution in [3.05, 3.63) is 78.1 Å². The number of piperazine rings is 1. The number of benzene rings is 2. The number of hydrogen-bond donors (Lipinski definition) is 1. The van der Waals surface area contributed by atoms with Gasteiger partial charge in [-0.1, -0.05) is 18.2 Å². The minimum atomic E-state index is 0.111. The first-order chi connectivity index (χ1) is 17.7. The molecule has 2 aromatic carbocycles. The molecule has 0 aliphatic carbocycles. The summed E-state index contributed by atoms with van der Waals surface area (Å²) in [7, 11) is 1.69. The number of amides is 1. The van der Waals surface area contributed by atoms with Crippen molar-refractivity contribution in [1.29, 1.82) is 0 Å². The lowest BCUT2D eigenvalue weighted by Crippen LogP contribution is -2.47. The van der Waals surface area contributed by atoms with E-state index in [1.165, 1.54) is 5.69 Å². The van der Waals surface area contributed by atoms with Crippen LogP contribution in [0.25, 0.3) is 0 Å². The largest absolute Gasteiger partial charge is 0.497 e. The summed E-state index contributed by atoms with van der Waals surface area (Å²) >= 11 is 0. The van der Waals surface area contributed by atoms with Crippen LogP contribution in [0.3, 0.4) is 0 Å². The van der Waals surface area contributed by atoms with Crippen molar-refractivity contribution in [2.24, 2.45) is 0 Å². The van der Waals surface area contributed by atoms with E-state index in [4.69, 9.17) is 9.47 Å². The highest BCUT2D eigenvalue weighted by molar-refractivity contribution is 5.79.